The van der Waals surface area contributed by atoms with E-state index in [9.17, 15) is 4.79 Å². The van der Waals surface area contributed by atoms with Gasteiger partial charge in [-0.25, -0.2) is 19.3 Å². The van der Waals surface area contributed by atoms with Crippen molar-refractivity contribution in [2.75, 3.05) is 12.8 Å². The fourth-order valence-corrected chi connectivity index (χ4v) is 4.91. The number of aryl methyl sites for hydroxylation is 1. The summed E-state index contributed by atoms with van der Waals surface area (Å²) < 4.78 is 15.2. The van der Waals surface area contributed by atoms with E-state index in [-0.39, 0.29) is 17.0 Å². The fraction of sp³-hybridized carbons (Fsp3) is 0.357. The molecule has 4 rings (SSSR count). The maximum absolute atomic E-state index is 15.2. The Kier molecular flexibility index (Phi) is 7.04. The highest BCUT2D eigenvalue weighted by Crippen LogP contribution is 2.54. The van der Waals surface area contributed by atoms with Gasteiger partial charge in [-0.1, -0.05) is 38.7 Å². The first-order valence-corrected chi connectivity index (χ1v) is 12.1. The third-order valence-corrected chi connectivity index (χ3v) is 7.50. The number of nitrogens with one attached hydrogen (secondary N) is 2. The van der Waals surface area contributed by atoms with Gasteiger partial charge >= 0.3 is 0 Å². The average Bonchev–Trinajstić information content (AvgIpc) is 3.43. The van der Waals surface area contributed by atoms with Crippen molar-refractivity contribution in [2.45, 2.75) is 46.2 Å². The summed E-state index contributed by atoms with van der Waals surface area (Å²) in [6, 6.07) is 8.17. The number of hydrogen-bond acceptors (Lipinski definition) is 6. The number of carbonyl (C=O) groups is 1. The molecule has 1 unspecified atom stereocenters. The van der Waals surface area contributed by atoms with Crippen LogP contribution in [0.5, 0.6) is 0 Å². The number of amides is 1. The minimum absolute atomic E-state index is 0.00568. The van der Waals surface area contributed by atoms with Crippen LogP contribution in [0.1, 0.15) is 54.9 Å². The van der Waals surface area contributed by atoms with E-state index in [4.69, 9.17) is 5.73 Å². The predicted molar refractivity (Wildman–Crippen MR) is 138 cm³/mol. The molecule has 186 valence electrons. The average molecular weight is 487 g/mol. The molecule has 0 aliphatic heterocycles. The van der Waals surface area contributed by atoms with Gasteiger partial charge in [0, 0.05) is 34.8 Å². The molecule has 8 heteroatoms. The molecular weight excluding hydrogens is 455 g/mol. The van der Waals surface area contributed by atoms with Gasteiger partial charge < -0.3 is 16.4 Å². The number of nitrogens with zero attached hydrogens (tertiary/aromatic N) is 3. The van der Waals surface area contributed by atoms with Crippen molar-refractivity contribution in [1.29, 1.82) is 0 Å². The summed E-state index contributed by atoms with van der Waals surface area (Å²) in [5, 5.41) is 6.27. The zero-order valence-corrected chi connectivity index (χ0v) is 21.2. The molecule has 0 bridgehead atoms. The molecule has 3 aromatic rings. The monoisotopic (exact) mass is 486 g/mol. The molecule has 36 heavy (non-hydrogen) atoms. The fourth-order valence-electron chi connectivity index (χ4n) is 4.91. The number of anilines is 1. The molecular formula is C28H31FN6O. The Morgan fingerprint density at radius 2 is 2.00 bits per heavy atom. The zero-order chi connectivity index (χ0) is 26.0. The standard InChI is InChI=1S/C28H31FN6O/c1-6-23-21(10-7-18-8-12-24(30)32-14-18)25(34-15-33-23)19-9-11-20(22(29)13-19)27(36)35-17(3)28(4)16(2)26(28)31-5/h8-9,11-17,26,31H,6H2,1-5H3,(H2,30,32)(H,35,36)/t16-,17-,26+,28?/m0/s1. The van der Waals surface area contributed by atoms with Crippen LogP contribution in [-0.2, 0) is 6.42 Å². The number of rotatable bonds is 6. The topological polar surface area (TPSA) is 106 Å². The third-order valence-electron chi connectivity index (χ3n) is 7.50. The smallest absolute Gasteiger partial charge is 0.254 e. The molecule has 1 aliphatic rings. The maximum Gasteiger partial charge on any atom is 0.254 e. The van der Waals surface area contributed by atoms with E-state index in [2.05, 4.69) is 51.3 Å². The van der Waals surface area contributed by atoms with Gasteiger partial charge in [0.25, 0.3) is 5.91 Å². The summed E-state index contributed by atoms with van der Waals surface area (Å²) in [5.41, 5.74) is 8.64. The van der Waals surface area contributed by atoms with E-state index in [1.54, 1.807) is 24.4 Å². The molecule has 7 nitrogen and oxygen atoms in total. The molecule has 1 aromatic carbocycles. The van der Waals surface area contributed by atoms with E-state index in [0.29, 0.717) is 46.6 Å². The number of pyridine rings is 1. The van der Waals surface area contributed by atoms with Crippen molar-refractivity contribution in [3.05, 3.63) is 71.1 Å². The Morgan fingerprint density at radius 3 is 2.61 bits per heavy atom. The summed E-state index contributed by atoms with van der Waals surface area (Å²) in [4.78, 5) is 25.7. The number of nitrogen functional groups attached to an aromatic ring is 1. The molecule has 1 amide bonds. The molecule has 0 saturated heterocycles. The highest BCUT2D eigenvalue weighted by Gasteiger charge is 2.60. The van der Waals surface area contributed by atoms with Crippen molar-refractivity contribution in [3.8, 4) is 23.1 Å². The van der Waals surface area contributed by atoms with Gasteiger partial charge in [0.05, 0.1) is 22.5 Å². The lowest BCUT2D eigenvalue weighted by atomic mass is 9.96. The highest BCUT2D eigenvalue weighted by atomic mass is 19.1. The second-order valence-corrected chi connectivity index (χ2v) is 9.43. The van der Waals surface area contributed by atoms with Crippen molar-refractivity contribution < 1.29 is 9.18 Å². The second kappa shape index (κ2) is 10.0. The summed E-state index contributed by atoms with van der Waals surface area (Å²) in [6.07, 6.45) is 3.66. The Balaban J connectivity index is 1.62. The van der Waals surface area contributed by atoms with Crippen LogP contribution in [0.15, 0.2) is 42.9 Å². The van der Waals surface area contributed by atoms with Crippen LogP contribution in [0, 0.1) is 29.0 Å². The zero-order valence-electron chi connectivity index (χ0n) is 21.2. The van der Waals surface area contributed by atoms with E-state index in [1.807, 2.05) is 20.9 Å². The van der Waals surface area contributed by atoms with E-state index in [0.717, 1.165) is 5.69 Å². The first-order chi connectivity index (χ1) is 17.2. The molecule has 1 aliphatic carbocycles. The van der Waals surface area contributed by atoms with Crippen LogP contribution in [0.3, 0.4) is 0 Å². The quantitative estimate of drug-likeness (QED) is 0.460. The van der Waals surface area contributed by atoms with Crippen LogP contribution in [0.4, 0.5) is 10.2 Å². The SMILES string of the molecule is CCc1ncnc(-c2ccc(C(=O)N[C@@H](C)C3(C)[C@H](NC)[C@@H]3C)c(F)c2)c1C#Cc1ccc(N)nc1. The maximum atomic E-state index is 15.2. The van der Waals surface area contributed by atoms with Gasteiger partial charge in [-0.15, -0.1) is 0 Å². The molecule has 0 spiro atoms. The molecule has 4 atom stereocenters. The van der Waals surface area contributed by atoms with Crippen LogP contribution >= 0.6 is 0 Å². The lowest BCUT2D eigenvalue weighted by Gasteiger charge is -2.23. The Morgan fingerprint density at radius 1 is 1.22 bits per heavy atom. The Labute approximate surface area is 211 Å². The molecule has 1 fully saturated rings. The third kappa shape index (κ3) is 4.67. The van der Waals surface area contributed by atoms with E-state index in [1.165, 1.54) is 18.5 Å². The Hall–Kier alpha value is -3.83. The summed E-state index contributed by atoms with van der Waals surface area (Å²) in [7, 11) is 1.92. The van der Waals surface area contributed by atoms with Crippen LogP contribution in [0.2, 0.25) is 0 Å². The highest BCUT2D eigenvalue weighted by molar-refractivity contribution is 5.95. The second-order valence-electron chi connectivity index (χ2n) is 9.43. The number of aromatic nitrogens is 3. The van der Waals surface area contributed by atoms with Gasteiger partial charge in [-0.2, -0.15) is 0 Å². The molecule has 0 radical (unpaired) electrons. The lowest BCUT2D eigenvalue weighted by molar-refractivity contribution is 0.0917. The number of benzene rings is 1. The van der Waals surface area contributed by atoms with Crippen molar-refractivity contribution in [1.82, 2.24) is 25.6 Å². The first-order valence-electron chi connectivity index (χ1n) is 12.1. The van der Waals surface area contributed by atoms with Crippen LogP contribution < -0.4 is 16.4 Å². The number of carbonyl (C=O) groups excluding carboxylic acids is 1. The molecule has 1 saturated carbocycles. The van der Waals surface area contributed by atoms with Crippen molar-refractivity contribution >= 4 is 11.7 Å². The van der Waals surface area contributed by atoms with Gasteiger partial charge in [0.2, 0.25) is 0 Å². The van der Waals surface area contributed by atoms with E-state index < -0.39 is 11.7 Å². The van der Waals surface area contributed by atoms with Gasteiger partial charge in [0.1, 0.15) is 18.0 Å². The lowest BCUT2D eigenvalue weighted by Crippen LogP contribution is -2.41. The molecule has 2 heterocycles. The minimum Gasteiger partial charge on any atom is -0.384 e. The van der Waals surface area contributed by atoms with E-state index >= 15 is 4.39 Å². The van der Waals surface area contributed by atoms with Gasteiger partial charge in [-0.3, -0.25) is 4.79 Å². The number of halogens is 1. The summed E-state index contributed by atoms with van der Waals surface area (Å²) >= 11 is 0. The van der Waals surface area contributed by atoms with Gasteiger partial charge in [-0.05, 0) is 50.6 Å². The predicted octanol–water partition coefficient (Wildman–Crippen LogP) is 3.58. The van der Waals surface area contributed by atoms with Crippen molar-refractivity contribution in [3.63, 3.8) is 0 Å². The molecule has 2 aromatic heterocycles. The first kappa shape index (κ1) is 25.3. The molecule has 4 N–H and O–H groups in total. The summed E-state index contributed by atoms with van der Waals surface area (Å²) in [5.74, 6) is 5.96. The normalized spacial score (nSPS) is 21.3. The largest absolute Gasteiger partial charge is 0.384 e. The number of nitrogens with two attached hydrogens (primary N) is 1. The van der Waals surface area contributed by atoms with Crippen LogP contribution in [0.25, 0.3) is 11.3 Å². The van der Waals surface area contributed by atoms with Crippen molar-refractivity contribution in [2.24, 2.45) is 11.3 Å². The summed E-state index contributed by atoms with van der Waals surface area (Å²) in [6.45, 7) is 8.21. The minimum atomic E-state index is -0.616. The Bertz CT molecular complexity index is 1350. The van der Waals surface area contributed by atoms with Gasteiger partial charge in [0.15, 0.2) is 0 Å². The van der Waals surface area contributed by atoms with Crippen LogP contribution in [-0.4, -0.2) is 40.0 Å². The number of hydrogen-bond donors (Lipinski definition) is 3.